The van der Waals surface area contributed by atoms with Crippen molar-refractivity contribution in [1.82, 2.24) is 29.7 Å². The summed E-state index contributed by atoms with van der Waals surface area (Å²) in [4.78, 5) is 12.9. The first-order chi connectivity index (χ1) is 7.75. The normalized spacial score (nSPS) is 11.1. The fourth-order valence-electron chi connectivity index (χ4n) is 1.62. The van der Waals surface area contributed by atoms with Crippen molar-refractivity contribution in [3.63, 3.8) is 0 Å². The van der Waals surface area contributed by atoms with Crippen LogP contribution in [0, 0.1) is 6.92 Å². The Morgan fingerprint density at radius 3 is 2.88 bits per heavy atom. The number of rotatable bonds is 1. The molecule has 0 saturated heterocycles. The predicted molar refractivity (Wildman–Crippen MR) is 58.6 cm³/mol. The molecule has 0 radical (unpaired) electrons. The molecule has 0 aliphatic carbocycles. The van der Waals surface area contributed by atoms with Crippen molar-refractivity contribution in [2.75, 3.05) is 0 Å². The molecule has 6 heteroatoms. The molecular weight excluding hydrogens is 204 g/mol. The summed E-state index contributed by atoms with van der Waals surface area (Å²) in [6.07, 6.45) is 5.22. The van der Waals surface area contributed by atoms with Crippen LogP contribution in [0.3, 0.4) is 0 Å². The third-order valence-corrected chi connectivity index (χ3v) is 2.55. The minimum Gasteiger partial charge on any atom is -0.331 e. The lowest BCUT2D eigenvalue weighted by Crippen LogP contribution is -1.92. The summed E-state index contributed by atoms with van der Waals surface area (Å²) in [6, 6.07) is 0. The number of H-pyrrole nitrogens is 1. The Kier molecular flexibility index (Phi) is 1.76. The fraction of sp³-hybridized carbons (Fsp3) is 0.200. The number of aromatic nitrogens is 6. The van der Waals surface area contributed by atoms with Crippen molar-refractivity contribution in [2.45, 2.75) is 6.92 Å². The molecule has 0 aliphatic rings. The van der Waals surface area contributed by atoms with Gasteiger partial charge in [0, 0.05) is 12.7 Å². The Morgan fingerprint density at radius 2 is 2.12 bits per heavy atom. The molecule has 3 aromatic heterocycles. The van der Waals surface area contributed by atoms with Gasteiger partial charge in [-0.1, -0.05) is 0 Å². The van der Waals surface area contributed by atoms with Gasteiger partial charge in [-0.3, -0.25) is 5.10 Å². The van der Waals surface area contributed by atoms with Crippen LogP contribution in [0.5, 0.6) is 0 Å². The van der Waals surface area contributed by atoms with E-state index in [0.717, 1.165) is 16.8 Å². The number of imidazole rings is 1. The van der Waals surface area contributed by atoms with Gasteiger partial charge in [-0.25, -0.2) is 15.0 Å². The van der Waals surface area contributed by atoms with E-state index >= 15 is 0 Å². The third kappa shape index (κ3) is 1.19. The maximum atomic E-state index is 4.40. The molecule has 1 N–H and O–H groups in total. The SMILES string of the molecule is Cc1[nH]ncc1-c1ncc2c(ncn2C)n1. The van der Waals surface area contributed by atoms with Crippen LogP contribution in [0.25, 0.3) is 22.6 Å². The molecule has 0 aliphatic heterocycles. The molecule has 0 spiro atoms. The molecule has 0 amide bonds. The summed E-state index contributed by atoms with van der Waals surface area (Å²) in [5.74, 6) is 0.650. The maximum absolute atomic E-state index is 4.40. The van der Waals surface area contributed by atoms with E-state index in [1.807, 2.05) is 18.5 Å². The maximum Gasteiger partial charge on any atom is 0.181 e. The Bertz CT molecular complexity index is 650. The van der Waals surface area contributed by atoms with E-state index in [-0.39, 0.29) is 0 Å². The fourth-order valence-corrected chi connectivity index (χ4v) is 1.62. The van der Waals surface area contributed by atoms with E-state index < -0.39 is 0 Å². The first-order valence-electron chi connectivity index (χ1n) is 4.90. The van der Waals surface area contributed by atoms with Crippen LogP contribution in [-0.2, 0) is 7.05 Å². The summed E-state index contributed by atoms with van der Waals surface area (Å²) in [5, 5.41) is 6.82. The van der Waals surface area contributed by atoms with Crippen LogP contribution < -0.4 is 0 Å². The van der Waals surface area contributed by atoms with E-state index in [1.54, 1.807) is 18.7 Å². The average molecular weight is 214 g/mol. The first kappa shape index (κ1) is 9.02. The molecule has 3 rings (SSSR count). The van der Waals surface area contributed by atoms with Gasteiger partial charge in [0.2, 0.25) is 0 Å². The largest absolute Gasteiger partial charge is 0.331 e. The van der Waals surface area contributed by atoms with Crippen molar-refractivity contribution >= 4 is 11.2 Å². The zero-order valence-electron chi connectivity index (χ0n) is 8.97. The smallest absolute Gasteiger partial charge is 0.181 e. The zero-order chi connectivity index (χ0) is 11.1. The molecule has 6 nitrogen and oxygen atoms in total. The quantitative estimate of drug-likeness (QED) is 0.657. The highest BCUT2D eigenvalue weighted by Gasteiger charge is 2.09. The summed E-state index contributed by atoms with van der Waals surface area (Å²) < 4.78 is 1.89. The van der Waals surface area contributed by atoms with Crippen molar-refractivity contribution < 1.29 is 0 Å². The zero-order valence-corrected chi connectivity index (χ0v) is 8.97. The Hall–Kier alpha value is -2.24. The van der Waals surface area contributed by atoms with E-state index in [9.17, 15) is 0 Å². The molecule has 0 saturated carbocycles. The van der Waals surface area contributed by atoms with Gasteiger partial charge < -0.3 is 4.57 Å². The van der Waals surface area contributed by atoms with Gasteiger partial charge in [-0.05, 0) is 6.92 Å². The molecule has 0 atom stereocenters. The minimum atomic E-state index is 0.650. The van der Waals surface area contributed by atoms with Crippen molar-refractivity contribution in [1.29, 1.82) is 0 Å². The lowest BCUT2D eigenvalue weighted by molar-refractivity contribution is 0.944. The molecule has 3 aromatic rings. The van der Waals surface area contributed by atoms with E-state index in [0.29, 0.717) is 11.5 Å². The molecule has 0 bridgehead atoms. The van der Waals surface area contributed by atoms with E-state index in [2.05, 4.69) is 25.1 Å². The number of nitrogens with zero attached hydrogens (tertiary/aromatic N) is 5. The van der Waals surface area contributed by atoms with Crippen LogP contribution in [-0.4, -0.2) is 29.7 Å². The van der Waals surface area contributed by atoms with Crippen molar-refractivity contribution in [3.8, 4) is 11.4 Å². The molecular formula is C10H10N6. The average Bonchev–Trinajstić information content (AvgIpc) is 2.86. The number of nitrogens with one attached hydrogen (secondary N) is 1. The predicted octanol–water partition coefficient (Wildman–Crippen LogP) is 1.06. The highest BCUT2D eigenvalue weighted by atomic mass is 15.1. The summed E-state index contributed by atoms with van der Waals surface area (Å²) in [5.41, 5.74) is 3.49. The van der Waals surface area contributed by atoms with Crippen molar-refractivity contribution in [3.05, 3.63) is 24.4 Å². The van der Waals surface area contributed by atoms with Crippen molar-refractivity contribution in [2.24, 2.45) is 7.05 Å². The Balaban J connectivity index is 2.23. The topological polar surface area (TPSA) is 72.3 Å². The Morgan fingerprint density at radius 1 is 1.25 bits per heavy atom. The van der Waals surface area contributed by atoms with Gasteiger partial charge >= 0.3 is 0 Å². The van der Waals surface area contributed by atoms with Gasteiger partial charge in [-0.15, -0.1) is 0 Å². The van der Waals surface area contributed by atoms with E-state index in [1.165, 1.54) is 0 Å². The molecule has 0 aromatic carbocycles. The van der Waals surface area contributed by atoms with Crippen LogP contribution in [0.1, 0.15) is 5.69 Å². The highest BCUT2D eigenvalue weighted by molar-refractivity contribution is 5.72. The summed E-state index contributed by atoms with van der Waals surface area (Å²) >= 11 is 0. The number of aryl methyl sites for hydroxylation is 2. The van der Waals surface area contributed by atoms with Gasteiger partial charge in [-0.2, -0.15) is 5.10 Å². The number of fused-ring (bicyclic) bond motifs is 1. The summed E-state index contributed by atoms with van der Waals surface area (Å²) in [6.45, 7) is 1.94. The highest BCUT2D eigenvalue weighted by Crippen LogP contribution is 2.18. The van der Waals surface area contributed by atoms with Crippen LogP contribution in [0.15, 0.2) is 18.7 Å². The van der Waals surface area contributed by atoms with Gasteiger partial charge in [0.1, 0.15) is 5.52 Å². The monoisotopic (exact) mass is 214 g/mol. The molecule has 16 heavy (non-hydrogen) atoms. The molecule has 80 valence electrons. The number of hydrogen-bond donors (Lipinski definition) is 1. The lowest BCUT2D eigenvalue weighted by Gasteiger charge is -1.98. The lowest BCUT2D eigenvalue weighted by atomic mass is 10.2. The van der Waals surface area contributed by atoms with Gasteiger partial charge in [0.15, 0.2) is 11.5 Å². The molecule has 3 heterocycles. The third-order valence-electron chi connectivity index (χ3n) is 2.55. The summed E-state index contributed by atoms with van der Waals surface area (Å²) in [7, 11) is 1.92. The number of hydrogen-bond acceptors (Lipinski definition) is 4. The second-order valence-corrected chi connectivity index (χ2v) is 3.67. The first-order valence-corrected chi connectivity index (χ1v) is 4.90. The van der Waals surface area contributed by atoms with Crippen LogP contribution >= 0.6 is 0 Å². The second kappa shape index (κ2) is 3.13. The molecule has 0 fully saturated rings. The molecule has 0 unspecified atom stereocenters. The van der Waals surface area contributed by atoms with Crippen LogP contribution in [0.2, 0.25) is 0 Å². The minimum absolute atomic E-state index is 0.650. The number of aromatic amines is 1. The van der Waals surface area contributed by atoms with Gasteiger partial charge in [0.25, 0.3) is 0 Å². The van der Waals surface area contributed by atoms with Gasteiger partial charge in [0.05, 0.1) is 24.3 Å². The standard InChI is InChI=1S/C10H10N6/c1-6-7(3-13-15-6)9-11-4-8-10(14-9)12-5-16(8)2/h3-5H,1-2H3,(H,13,15). The Labute approximate surface area is 91.4 Å². The van der Waals surface area contributed by atoms with E-state index in [4.69, 9.17) is 0 Å². The second-order valence-electron chi connectivity index (χ2n) is 3.67. The van der Waals surface area contributed by atoms with Crippen LogP contribution in [0.4, 0.5) is 0 Å².